The van der Waals surface area contributed by atoms with Crippen LogP contribution in [0.3, 0.4) is 0 Å². The number of hydrogen-bond acceptors (Lipinski definition) is 4. The number of amides is 1. The highest BCUT2D eigenvalue weighted by Crippen LogP contribution is 2.30. The molecule has 1 heterocycles. The second-order valence-electron chi connectivity index (χ2n) is 5.72. The second-order valence-corrected chi connectivity index (χ2v) is 6.60. The molecule has 1 aliphatic rings. The summed E-state index contributed by atoms with van der Waals surface area (Å²) in [5, 5.41) is 3.04. The van der Waals surface area contributed by atoms with E-state index in [4.69, 9.17) is 9.47 Å². The minimum atomic E-state index is -0.0226. The Hall–Kier alpha value is -2.14. The maximum Gasteiger partial charge on any atom is 0.224 e. The van der Waals surface area contributed by atoms with Gasteiger partial charge in [0.1, 0.15) is 13.2 Å². The van der Waals surface area contributed by atoms with E-state index in [0.717, 1.165) is 16.9 Å². The first-order valence-corrected chi connectivity index (χ1v) is 9.20. The fourth-order valence-electron chi connectivity index (χ4n) is 2.65. The first kappa shape index (κ1) is 16.7. The summed E-state index contributed by atoms with van der Waals surface area (Å²) < 4.78 is 11.1. The Balaban J connectivity index is 1.60. The molecule has 0 unspecified atom stereocenters. The standard InChI is InChI=1S/C19H21NO3S/c1-13(15-4-6-16(24-2)7-5-15)20-19(21)12-14-3-8-17-18(11-14)23-10-9-22-17/h3-8,11,13H,9-10,12H2,1-2H3,(H,20,21)/t13-/m0/s1. The zero-order valence-corrected chi connectivity index (χ0v) is 14.7. The van der Waals surface area contributed by atoms with Crippen molar-refractivity contribution in [3.05, 3.63) is 53.6 Å². The van der Waals surface area contributed by atoms with Gasteiger partial charge in [-0.2, -0.15) is 0 Å². The van der Waals surface area contributed by atoms with Crippen LogP contribution in [-0.2, 0) is 11.2 Å². The van der Waals surface area contributed by atoms with Crippen LogP contribution in [0.4, 0.5) is 0 Å². The van der Waals surface area contributed by atoms with Crippen molar-refractivity contribution < 1.29 is 14.3 Å². The van der Waals surface area contributed by atoms with E-state index in [9.17, 15) is 4.79 Å². The average Bonchev–Trinajstić information content (AvgIpc) is 2.61. The van der Waals surface area contributed by atoms with Crippen molar-refractivity contribution >= 4 is 17.7 Å². The van der Waals surface area contributed by atoms with Crippen LogP contribution in [0.5, 0.6) is 11.5 Å². The molecule has 0 radical (unpaired) electrons. The van der Waals surface area contributed by atoms with Gasteiger partial charge in [-0.25, -0.2) is 0 Å². The molecule has 1 amide bonds. The molecule has 0 aliphatic carbocycles. The molecule has 5 heteroatoms. The molecule has 1 atom stereocenters. The molecule has 0 saturated carbocycles. The summed E-state index contributed by atoms with van der Waals surface area (Å²) in [4.78, 5) is 13.5. The van der Waals surface area contributed by atoms with Gasteiger partial charge in [-0.1, -0.05) is 18.2 Å². The zero-order chi connectivity index (χ0) is 16.9. The van der Waals surface area contributed by atoms with Gasteiger partial charge in [0.2, 0.25) is 5.91 Å². The van der Waals surface area contributed by atoms with E-state index in [-0.39, 0.29) is 11.9 Å². The van der Waals surface area contributed by atoms with Crippen molar-refractivity contribution in [3.63, 3.8) is 0 Å². The van der Waals surface area contributed by atoms with Crippen molar-refractivity contribution in [2.24, 2.45) is 0 Å². The number of carbonyl (C=O) groups excluding carboxylic acids is 1. The average molecular weight is 343 g/mol. The summed E-state index contributed by atoms with van der Waals surface area (Å²) in [7, 11) is 0. The molecule has 0 bridgehead atoms. The number of thioether (sulfide) groups is 1. The molecule has 24 heavy (non-hydrogen) atoms. The van der Waals surface area contributed by atoms with Crippen molar-refractivity contribution in [3.8, 4) is 11.5 Å². The lowest BCUT2D eigenvalue weighted by Gasteiger charge is -2.19. The monoisotopic (exact) mass is 343 g/mol. The summed E-state index contributed by atoms with van der Waals surface area (Å²) >= 11 is 1.71. The van der Waals surface area contributed by atoms with Gasteiger partial charge in [0.15, 0.2) is 11.5 Å². The molecule has 126 valence electrons. The molecular formula is C19H21NO3S. The Morgan fingerprint density at radius 2 is 1.83 bits per heavy atom. The highest BCUT2D eigenvalue weighted by molar-refractivity contribution is 7.98. The maximum absolute atomic E-state index is 12.3. The number of ether oxygens (including phenoxy) is 2. The Morgan fingerprint density at radius 1 is 1.12 bits per heavy atom. The first-order chi connectivity index (χ1) is 11.7. The van der Waals surface area contributed by atoms with Gasteiger partial charge in [0.25, 0.3) is 0 Å². The maximum atomic E-state index is 12.3. The fraction of sp³-hybridized carbons (Fsp3) is 0.316. The molecule has 2 aromatic carbocycles. The van der Waals surface area contributed by atoms with Crippen molar-refractivity contribution in [1.29, 1.82) is 0 Å². The number of fused-ring (bicyclic) bond motifs is 1. The Morgan fingerprint density at radius 3 is 2.54 bits per heavy atom. The Bertz CT molecular complexity index is 715. The highest BCUT2D eigenvalue weighted by Gasteiger charge is 2.14. The molecule has 1 aliphatic heterocycles. The normalized spacial score (nSPS) is 14.1. The van der Waals surface area contributed by atoms with Gasteiger partial charge in [-0.15, -0.1) is 11.8 Å². The molecule has 1 N–H and O–H groups in total. The van der Waals surface area contributed by atoms with E-state index in [1.165, 1.54) is 4.90 Å². The van der Waals surface area contributed by atoms with E-state index in [0.29, 0.717) is 25.4 Å². The minimum absolute atomic E-state index is 0.00637. The van der Waals surface area contributed by atoms with E-state index in [1.54, 1.807) is 11.8 Å². The van der Waals surface area contributed by atoms with Gasteiger partial charge in [0.05, 0.1) is 12.5 Å². The van der Waals surface area contributed by atoms with Crippen molar-refractivity contribution in [2.75, 3.05) is 19.5 Å². The lowest BCUT2D eigenvalue weighted by atomic mass is 10.1. The number of nitrogens with one attached hydrogen (secondary N) is 1. The lowest BCUT2D eigenvalue weighted by molar-refractivity contribution is -0.121. The minimum Gasteiger partial charge on any atom is -0.486 e. The summed E-state index contributed by atoms with van der Waals surface area (Å²) in [6, 6.07) is 13.9. The lowest BCUT2D eigenvalue weighted by Crippen LogP contribution is -2.28. The van der Waals surface area contributed by atoms with Crippen LogP contribution in [0.1, 0.15) is 24.1 Å². The third-order valence-electron chi connectivity index (χ3n) is 3.96. The number of benzene rings is 2. The Kier molecular flexibility index (Phi) is 5.30. The first-order valence-electron chi connectivity index (χ1n) is 7.97. The third-order valence-corrected chi connectivity index (χ3v) is 4.71. The van der Waals surface area contributed by atoms with Crippen molar-refractivity contribution in [1.82, 2.24) is 5.32 Å². The molecule has 3 rings (SSSR count). The largest absolute Gasteiger partial charge is 0.486 e. The highest BCUT2D eigenvalue weighted by atomic mass is 32.2. The van der Waals surface area contributed by atoms with Crippen LogP contribution in [0.25, 0.3) is 0 Å². The molecule has 0 saturated heterocycles. The molecule has 0 spiro atoms. The van der Waals surface area contributed by atoms with Gasteiger partial charge in [-0.3, -0.25) is 4.79 Å². The molecule has 0 aromatic heterocycles. The zero-order valence-electron chi connectivity index (χ0n) is 13.9. The number of carbonyl (C=O) groups is 1. The predicted molar refractivity (Wildman–Crippen MR) is 95.9 cm³/mol. The fourth-order valence-corrected chi connectivity index (χ4v) is 3.06. The predicted octanol–water partition coefficient (Wildman–Crippen LogP) is 3.60. The quantitative estimate of drug-likeness (QED) is 0.843. The van der Waals surface area contributed by atoms with E-state index >= 15 is 0 Å². The van der Waals surface area contributed by atoms with E-state index in [2.05, 4.69) is 29.6 Å². The van der Waals surface area contributed by atoms with Gasteiger partial charge in [-0.05, 0) is 48.6 Å². The van der Waals surface area contributed by atoms with Crippen LogP contribution in [0.15, 0.2) is 47.4 Å². The summed E-state index contributed by atoms with van der Waals surface area (Å²) in [6.07, 6.45) is 2.37. The summed E-state index contributed by atoms with van der Waals surface area (Å²) in [5.74, 6) is 1.45. The summed E-state index contributed by atoms with van der Waals surface area (Å²) in [6.45, 7) is 3.11. The van der Waals surface area contributed by atoms with Gasteiger partial charge in [0, 0.05) is 4.90 Å². The SMILES string of the molecule is CSc1ccc([C@H](C)NC(=O)Cc2ccc3c(c2)OCCO3)cc1. The number of rotatable bonds is 5. The third kappa shape index (κ3) is 4.03. The topological polar surface area (TPSA) is 47.6 Å². The molecule has 2 aromatic rings. The van der Waals surface area contributed by atoms with Crippen molar-refractivity contribution in [2.45, 2.75) is 24.3 Å². The van der Waals surface area contributed by atoms with Gasteiger partial charge >= 0.3 is 0 Å². The van der Waals surface area contributed by atoms with Crippen LogP contribution in [-0.4, -0.2) is 25.4 Å². The Labute approximate surface area is 146 Å². The van der Waals surface area contributed by atoms with E-state index < -0.39 is 0 Å². The molecule has 0 fully saturated rings. The molecular weight excluding hydrogens is 322 g/mol. The van der Waals surface area contributed by atoms with Crippen LogP contribution < -0.4 is 14.8 Å². The number of hydrogen-bond donors (Lipinski definition) is 1. The second kappa shape index (κ2) is 7.62. The van der Waals surface area contributed by atoms with Gasteiger partial charge < -0.3 is 14.8 Å². The van der Waals surface area contributed by atoms with E-state index in [1.807, 2.05) is 31.4 Å². The summed E-state index contributed by atoms with van der Waals surface area (Å²) in [5.41, 5.74) is 2.02. The smallest absolute Gasteiger partial charge is 0.224 e. The van der Waals surface area contributed by atoms with Crippen LogP contribution in [0, 0.1) is 0 Å². The molecule has 4 nitrogen and oxygen atoms in total. The van der Waals surface area contributed by atoms with Crippen LogP contribution >= 0.6 is 11.8 Å². The van der Waals surface area contributed by atoms with Crippen LogP contribution in [0.2, 0.25) is 0 Å².